The average molecular weight is 438 g/mol. The summed E-state index contributed by atoms with van der Waals surface area (Å²) < 4.78 is 22.9. The zero-order chi connectivity index (χ0) is 22.4. The van der Waals surface area contributed by atoms with Crippen LogP contribution in [-0.2, 0) is 17.6 Å². The van der Waals surface area contributed by atoms with E-state index in [4.69, 9.17) is 9.84 Å². The minimum absolute atomic E-state index is 0.0469. The summed E-state index contributed by atoms with van der Waals surface area (Å²) in [7, 11) is 0. The first-order chi connectivity index (χ1) is 15.5. The number of hydrogen-bond acceptors (Lipinski definition) is 6. The number of carboxylic acid groups (broad SMARTS) is 1. The van der Waals surface area contributed by atoms with Gasteiger partial charge in [0.25, 0.3) is 0 Å². The summed E-state index contributed by atoms with van der Waals surface area (Å²) in [4.78, 5) is 10.9. The standard InChI is InChI=1S/C22H19FN4O5/c23-14-9-15-18(10-17(14)26-21(30)12-5-1-2-6-13(12)22(26)31)27(25-24-15)16-7-3-4-8-19(16)32-11-20(28)29/h3-4,7-10,30-31H,1-2,5-6,11H2,(H,28,29). The molecule has 0 aliphatic heterocycles. The molecule has 4 aromatic rings. The van der Waals surface area contributed by atoms with Crippen LogP contribution in [0.4, 0.5) is 4.39 Å². The van der Waals surface area contributed by atoms with Crippen LogP contribution in [0.25, 0.3) is 22.4 Å². The molecular formula is C22H19FN4O5. The molecule has 2 aromatic heterocycles. The molecule has 0 fully saturated rings. The van der Waals surface area contributed by atoms with E-state index in [1.807, 2.05) is 0 Å². The molecule has 3 N–H and O–H groups in total. The molecule has 2 heterocycles. The molecule has 0 unspecified atom stereocenters. The fraction of sp³-hybridized carbons (Fsp3) is 0.227. The number of aromatic nitrogens is 4. The molecule has 10 heteroatoms. The number of benzene rings is 2. The molecule has 32 heavy (non-hydrogen) atoms. The third kappa shape index (κ3) is 3.11. The molecule has 1 aliphatic carbocycles. The van der Waals surface area contributed by atoms with E-state index in [0.29, 0.717) is 35.2 Å². The normalized spacial score (nSPS) is 13.3. The van der Waals surface area contributed by atoms with Gasteiger partial charge in [0.1, 0.15) is 22.8 Å². The number of halogens is 1. The number of nitrogens with zero attached hydrogens (tertiary/aromatic N) is 4. The Bertz CT molecular complexity index is 1330. The van der Waals surface area contributed by atoms with Crippen LogP contribution < -0.4 is 4.74 Å². The van der Waals surface area contributed by atoms with Crippen molar-refractivity contribution in [3.05, 3.63) is 53.3 Å². The predicted octanol–water partition coefficient (Wildman–Crippen LogP) is 3.10. The van der Waals surface area contributed by atoms with Crippen LogP contribution in [0, 0.1) is 5.82 Å². The highest BCUT2D eigenvalue weighted by Crippen LogP contribution is 2.42. The topological polar surface area (TPSA) is 123 Å². The van der Waals surface area contributed by atoms with E-state index >= 15 is 4.39 Å². The number of aliphatic carboxylic acids is 1. The summed E-state index contributed by atoms with van der Waals surface area (Å²) in [5.74, 6) is -1.91. The van der Waals surface area contributed by atoms with E-state index in [9.17, 15) is 15.0 Å². The summed E-state index contributed by atoms with van der Waals surface area (Å²) in [6.07, 6.45) is 2.99. The van der Waals surface area contributed by atoms with Crippen molar-refractivity contribution in [3.63, 3.8) is 0 Å². The van der Waals surface area contributed by atoms with Gasteiger partial charge in [-0.15, -0.1) is 5.10 Å². The van der Waals surface area contributed by atoms with Gasteiger partial charge in [0.05, 0.1) is 11.2 Å². The van der Waals surface area contributed by atoms with Crippen LogP contribution in [0.5, 0.6) is 17.5 Å². The lowest BCUT2D eigenvalue weighted by atomic mass is 9.95. The van der Waals surface area contributed by atoms with Gasteiger partial charge in [0.2, 0.25) is 11.8 Å². The summed E-state index contributed by atoms with van der Waals surface area (Å²) in [6.45, 7) is -0.541. The van der Waals surface area contributed by atoms with Gasteiger partial charge in [-0.2, -0.15) is 0 Å². The predicted molar refractivity (Wildman–Crippen MR) is 111 cm³/mol. The highest BCUT2D eigenvalue weighted by atomic mass is 19.1. The maximum Gasteiger partial charge on any atom is 0.341 e. The van der Waals surface area contributed by atoms with Crippen LogP contribution in [0.1, 0.15) is 24.0 Å². The van der Waals surface area contributed by atoms with Crippen molar-refractivity contribution < 1.29 is 29.2 Å². The van der Waals surface area contributed by atoms with Gasteiger partial charge in [-0.05, 0) is 43.9 Å². The first-order valence-corrected chi connectivity index (χ1v) is 10.1. The molecule has 0 saturated carbocycles. The van der Waals surface area contributed by atoms with Crippen molar-refractivity contribution in [1.29, 1.82) is 0 Å². The van der Waals surface area contributed by atoms with Crippen LogP contribution in [-0.4, -0.2) is 47.5 Å². The third-order valence-corrected chi connectivity index (χ3v) is 5.63. The highest BCUT2D eigenvalue weighted by molar-refractivity contribution is 5.80. The maximum absolute atomic E-state index is 15.0. The Balaban J connectivity index is 1.67. The quantitative estimate of drug-likeness (QED) is 0.438. The molecule has 0 saturated heterocycles. The smallest absolute Gasteiger partial charge is 0.341 e. The second-order valence-electron chi connectivity index (χ2n) is 7.59. The van der Waals surface area contributed by atoms with Gasteiger partial charge in [0.15, 0.2) is 6.61 Å². The first-order valence-electron chi connectivity index (χ1n) is 10.1. The number of rotatable bonds is 5. The van der Waals surface area contributed by atoms with Crippen LogP contribution in [0.2, 0.25) is 0 Å². The van der Waals surface area contributed by atoms with Gasteiger partial charge in [-0.1, -0.05) is 17.3 Å². The van der Waals surface area contributed by atoms with Crippen molar-refractivity contribution in [1.82, 2.24) is 19.6 Å². The lowest BCUT2D eigenvalue weighted by Gasteiger charge is -2.12. The van der Waals surface area contributed by atoms with Gasteiger partial charge >= 0.3 is 5.97 Å². The second kappa shape index (κ2) is 7.56. The van der Waals surface area contributed by atoms with E-state index in [2.05, 4.69) is 10.3 Å². The maximum atomic E-state index is 15.0. The van der Waals surface area contributed by atoms with Gasteiger partial charge < -0.3 is 20.1 Å². The largest absolute Gasteiger partial charge is 0.494 e. The fourth-order valence-electron chi connectivity index (χ4n) is 4.17. The average Bonchev–Trinajstić information content (AvgIpc) is 3.30. The second-order valence-corrected chi connectivity index (χ2v) is 7.59. The van der Waals surface area contributed by atoms with Crippen molar-refractivity contribution in [2.45, 2.75) is 25.7 Å². The minimum Gasteiger partial charge on any atom is -0.494 e. The molecule has 9 nitrogen and oxygen atoms in total. The molecule has 0 spiro atoms. The van der Waals surface area contributed by atoms with Crippen molar-refractivity contribution >= 4 is 17.0 Å². The Labute approximate surface area is 180 Å². The molecular weight excluding hydrogens is 419 g/mol. The molecule has 0 amide bonds. The monoisotopic (exact) mass is 438 g/mol. The lowest BCUT2D eigenvalue weighted by Crippen LogP contribution is -2.11. The summed E-state index contributed by atoms with van der Waals surface area (Å²) in [5.41, 5.74) is 2.26. The van der Waals surface area contributed by atoms with E-state index < -0.39 is 18.4 Å². The Kier molecular flexibility index (Phi) is 4.69. The number of para-hydroxylation sites is 2. The molecule has 2 aromatic carbocycles. The minimum atomic E-state index is -1.13. The van der Waals surface area contributed by atoms with Gasteiger partial charge in [-0.3, -0.25) is 0 Å². The Morgan fingerprint density at radius 1 is 1.06 bits per heavy atom. The number of aromatic hydroxyl groups is 2. The Morgan fingerprint density at radius 2 is 1.75 bits per heavy atom. The molecule has 0 bridgehead atoms. The lowest BCUT2D eigenvalue weighted by molar-refractivity contribution is -0.139. The number of carboxylic acids is 1. The van der Waals surface area contributed by atoms with Gasteiger partial charge in [0, 0.05) is 17.2 Å². The number of carbonyl (C=O) groups is 1. The van der Waals surface area contributed by atoms with Crippen LogP contribution in [0.3, 0.4) is 0 Å². The third-order valence-electron chi connectivity index (χ3n) is 5.63. The number of ether oxygens (including phenoxy) is 1. The van der Waals surface area contributed by atoms with Gasteiger partial charge in [-0.25, -0.2) is 18.4 Å². The van der Waals surface area contributed by atoms with Crippen molar-refractivity contribution in [3.8, 4) is 28.9 Å². The molecule has 0 radical (unpaired) electrons. The molecule has 1 aliphatic rings. The van der Waals surface area contributed by atoms with Crippen molar-refractivity contribution in [2.24, 2.45) is 0 Å². The molecule has 0 atom stereocenters. The van der Waals surface area contributed by atoms with Crippen LogP contribution in [0.15, 0.2) is 36.4 Å². The SMILES string of the molecule is O=C(O)COc1ccccc1-n1nnc2cc(F)c(-n3c(O)c4c(c3O)CCCC4)cc21. The number of fused-ring (bicyclic) bond motifs is 2. The number of hydrogen-bond donors (Lipinski definition) is 3. The van der Waals surface area contributed by atoms with E-state index in [1.54, 1.807) is 24.3 Å². The van der Waals surface area contributed by atoms with E-state index in [1.165, 1.54) is 16.8 Å². The zero-order valence-electron chi connectivity index (χ0n) is 16.8. The molecule has 5 rings (SSSR count). The van der Waals surface area contributed by atoms with Crippen LogP contribution >= 0.6 is 0 Å². The zero-order valence-corrected chi connectivity index (χ0v) is 16.8. The summed E-state index contributed by atoms with van der Waals surface area (Å²) in [6, 6.07) is 9.27. The fourth-order valence-corrected chi connectivity index (χ4v) is 4.17. The first kappa shape index (κ1) is 19.9. The summed E-state index contributed by atoms with van der Waals surface area (Å²) >= 11 is 0. The molecule has 164 valence electrons. The highest BCUT2D eigenvalue weighted by Gasteiger charge is 2.27. The van der Waals surface area contributed by atoms with E-state index in [-0.39, 0.29) is 28.7 Å². The summed E-state index contributed by atoms with van der Waals surface area (Å²) in [5, 5.41) is 38.5. The van der Waals surface area contributed by atoms with E-state index in [0.717, 1.165) is 17.4 Å². The van der Waals surface area contributed by atoms with Crippen molar-refractivity contribution in [2.75, 3.05) is 6.61 Å². The Hall–Kier alpha value is -4.08. The Morgan fingerprint density at radius 3 is 2.44 bits per heavy atom.